The number of carbonyl (C=O) groups is 1. The van der Waals surface area contributed by atoms with Gasteiger partial charge in [0.15, 0.2) is 5.16 Å². The van der Waals surface area contributed by atoms with Gasteiger partial charge in [-0.3, -0.25) is 9.36 Å². The van der Waals surface area contributed by atoms with Gasteiger partial charge >= 0.3 is 0 Å². The molecular formula is C21H23N5O2S. The van der Waals surface area contributed by atoms with Crippen molar-refractivity contribution in [3.8, 4) is 5.75 Å². The maximum absolute atomic E-state index is 12.5. The first-order valence-corrected chi connectivity index (χ1v) is 10.5. The normalized spacial score (nSPS) is 12.7. The average molecular weight is 410 g/mol. The number of fused-ring (bicyclic) bond motifs is 1. The highest BCUT2D eigenvalue weighted by molar-refractivity contribution is 7.99. The third kappa shape index (κ3) is 4.07. The lowest BCUT2D eigenvalue weighted by Crippen LogP contribution is -2.27. The summed E-state index contributed by atoms with van der Waals surface area (Å²) in [4.78, 5) is 16.3. The molecule has 7 nitrogen and oxygen atoms in total. The largest absolute Gasteiger partial charge is 0.494 e. The molecule has 1 aromatic heterocycles. The number of carbonyl (C=O) groups excluding carboxylic acids is 1. The number of hydrogen-bond acceptors (Lipinski definition) is 6. The Morgan fingerprint density at radius 1 is 1.10 bits per heavy atom. The summed E-state index contributed by atoms with van der Waals surface area (Å²) in [6.07, 6.45) is 0. The molecule has 0 saturated carbocycles. The highest BCUT2D eigenvalue weighted by atomic mass is 32.2. The van der Waals surface area contributed by atoms with Crippen molar-refractivity contribution in [1.82, 2.24) is 14.8 Å². The number of benzene rings is 2. The lowest BCUT2D eigenvalue weighted by atomic mass is 10.3. The molecule has 2 heterocycles. The van der Waals surface area contributed by atoms with Crippen molar-refractivity contribution in [3.05, 3.63) is 54.6 Å². The Hall–Kier alpha value is -3.00. The van der Waals surface area contributed by atoms with Gasteiger partial charge in [0.2, 0.25) is 11.9 Å². The lowest BCUT2D eigenvalue weighted by molar-refractivity contribution is -0.115. The molecule has 150 valence electrons. The van der Waals surface area contributed by atoms with Gasteiger partial charge in [0.1, 0.15) is 5.75 Å². The van der Waals surface area contributed by atoms with Crippen LogP contribution in [0, 0.1) is 0 Å². The number of para-hydroxylation sites is 1. The minimum atomic E-state index is 0.0277. The van der Waals surface area contributed by atoms with Crippen LogP contribution in [-0.2, 0) is 11.3 Å². The summed E-state index contributed by atoms with van der Waals surface area (Å²) in [5.74, 6) is 2.00. The van der Waals surface area contributed by atoms with Gasteiger partial charge < -0.3 is 14.5 Å². The summed E-state index contributed by atoms with van der Waals surface area (Å²) in [7, 11) is 1.79. The van der Waals surface area contributed by atoms with Crippen molar-refractivity contribution in [2.24, 2.45) is 0 Å². The number of amides is 1. The Kier molecular flexibility index (Phi) is 5.71. The molecule has 0 radical (unpaired) electrons. The third-order valence-corrected chi connectivity index (χ3v) is 5.74. The summed E-state index contributed by atoms with van der Waals surface area (Å²) in [6.45, 7) is 4.24. The minimum absolute atomic E-state index is 0.0277. The number of thioether (sulfide) groups is 1. The number of nitrogens with zero attached hydrogens (tertiary/aromatic N) is 5. The van der Waals surface area contributed by atoms with Gasteiger partial charge in [0, 0.05) is 31.5 Å². The van der Waals surface area contributed by atoms with Crippen LogP contribution >= 0.6 is 11.8 Å². The fraction of sp³-hybridized carbons (Fsp3) is 0.286. The summed E-state index contributed by atoms with van der Waals surface area (Å²) in [6, 6.07) is 17.6. The van der Waals surface area contributed by atoms with Crippen LogP contribution in [0.15, 0.2) is 59.8 Å². The fourth-order valence-corrected chi connectivity index (χ4v) is 4.11. The zero-order valence-corrected chi connectivity index (χ0v) is 17.3. The summed E-state index contributed by atoms with van der Waals surface area (Å²) in [5.41, 5.74) is 1.93. The Bertz CT molecular complexity index is 974. The Balaban J connectivity index is 1.42. The zero-order valence-electron chi connectivity index (χ0n) is 16.5. The molecule has 1 aliphatic heterocycles. The van der Waals surface area contributed by atoms with Crippen molar-refractivity contribution in [3.63, 3.8) is 0 Å². The van der Waals surface area contributed by atoms with E-state index in [4.69, 9.17) is 4.74 Å². The van der Waals surface area contributed by atoms with E-state index in [0.717, 1.165) is 41.3 Å². The molecule has 0 aliphatic carbocycles. The van der Waals surface area contributed by atoms with E-state index in [1.807, 2.05) is 61.5 Å². The van der Waals surface area contributed by atoms with E-state index in [-0.39, 0.29) is 5.91 Å². The molecule has 1 aliphatic rings. The highest BCUT2D eigenvalue weighted by Crippen LogP contribution is 2.33. The van der Waals surface area contributed by atoms with Gasteiger partial charge in [0.25, 0.3) is 0 Å². The van der Waals surface area contributed by atoms with Gasteiger partial charge in [-0.2, -0.15) is 0 Å². The number of anilines is 3. The maximum Gasteiger partial charge on any atom is 0.237 e. The molecule has 1 amide bonds. The second-order valence-corrected chi connectivity index (χ2v) is 7.53. The molecule has 0 unspecified atom stereocenters. The first kappa shape index (κ1) is 19.3. The van der Waals surface area contributed by atoms with Crippen LogP contribution < -0.4 is 14.5 Å². The monoisotopic (exact) mass is 409 g/mol. The maximum atomic E-state index is 12.5. The second kappa shape index (κ2) is 8.57. The smallest absolute Gasteiger partial charge is 0.237 e. The fourth-order valence-electron chi connectivity index (χ4n) is 3.24. The van der Waals surface area contributed by atoms with Crippen molar-refractivity contribution in [2.75, 3.05) is 35.8 Å². The quantitative estimate of drug-likeness (QED) is 0.556. The van der Waals surface area contributed by atoms with Crippen molar-refractivity contribution < 1.29 is 9.53 Å². The lowest BCUT2D eigenvalue weighted by Gasteiger charge is -2.16. The van der Waals surface area contributed by atoms with Gasteiger partial charge in [-0.25, -0.2) is 0 Å². The SMILES string of the molecule is CCOc1ccc(N2CCn3c(SCC(=O)N(C)c4ccccc4)nnc32)cc1. The van der Waals surface area contributed by atoms with E-state index in [1.165, 1.54) is 11.8 Å². The Morgan fingerprint density at radius 3 is 2.59 bits per heavy atom. The minimum Gasteiger partial charge on any atom is -0.494 e. The van der Waals surface area contributed by atoms with Gasteiger partial charge in [-0.15, -0.1) is 10.2 Å². The van der Waals surface area contributed by atoms with Crippen LogP contribution in [0.5, 0.6) is 5.75 Å². The van der Waals surface area contributed by atoms with Crippen LogP contribution in [-0.4, -0.2) is 46.6 Å². The molecule has 0 fully saturated rings. The van der Waals surface area contributed by atoms with Crippen LogP contribution in [0.1, 0.15) is 6.92 Å². The number of hydrogen-bond donors (Lipinski definition) is 0. The first-order chi connectivity index (χ1) is 14.2. The number of rotatable bonds is 7. The number of ether oxygens (including phenoxy) is 1. The molecule has 0 bridgehead atoms. The summed E-state index contributed by atoms with van der Waals surface area (Å²) < 4.78 is 7.58. The predicted molar refractivity (Wildman–Crippen MR) is 115 cm³/mol. The van der Waals surface area contributed by atoms with E-state index in [0.29, 0.717) is 12.4 Å². The molecular weight excluding hydrogens is 386 g/mol. The van der Waals surface area contributed by atoms with E-state index in [2.05, 4.69) is 19.7 Å². The molecule has 0 spiro atoms. The van der Waals surface area contributed by atoms with Gasteiger partial charge in [-0.05, 0) is 43.3 Å². The molecule has 0 saturated heterocycles. The van der Waals surface area contributed by atoms with Crippen LogP contribution in [0.4, 0.5) is 17.3 Å². The Labute approximate surface area is 174 Å². The zero-order chi connectivity index (χ0) is 20.2. The summed E-state index contributed by atoms with van der Waals surface area (Å²) in [5, 5.41) is 9.43. The Morgan fingerprint density at radius 2 is 1.86 bits per heavy atom. The molecule has 3 aromatic rings. The molecule has 2 aromatic carbocycles. The van der Waals surface area contributed by atoms with Gasteiger partial charge in [0.05, 0.1) is 12.4 Å². The van der Waals surface area contributed by atoms with E-state index < -0.39 is 0 Å². The number of aromatic nitrogens is 3. The first-order valence-electron chi connectivity index (χ1n) is 9.55. The van der Waals surface area contributed by atoms with E-state index in [1.54, 1.807) is 11.9 Å². The average Bonchev–Trinajstić information content (AvgIpc) is 3.35. The molecule has 0 atom stereocenters. The third-order valence-electron chi connectivity index (χ3n) is 4.79. The second-order valence-electron chi connectivity index (χ2n) is 6.59. The van der Waals surface area contributed by atoms with Crippen LogP contribution in [0.25, 0.3) is 0 Å². The van der Waals surface area contributed by atoms with Crippen LogP contribution in [0.2, 0.25) is 0 Å². The molecule has 0 N–H and O–H groups in total. The topological polar surface area (TPSA) is 63.5 Å². The highest BCUT2D eigenvalue weighted by Gasteiger charge is 2.26. The van der Waals surface area contributed by atoms with Crippen molar-refractivity contribution in [1.29, 1.82) is 0 Å². The predicted octanol–water partition coefficient (Wildman–Crippen LogP) is 3.58. The van der Waals surface area contributed by atoms with E-state index in [9.17, 15) is 4.79 Å². The van der Waals surface area contributed by atoms with Crippen molar-refractivity contribution >= 4 is 35.0 Å². The standard InChI is InChI=1S/C21H23N5O2S/c1-3-28-18-11-9-17(10-12-18)25-13-14-26-20(25)22-23-21(26)29-15-19(27)24(2)16-7-5-4-6-8-16/h4-12H,3,13-15H2,1-2H3. The van der Waals surface area contributed by atoms with Crippen LogP contribution in [0.3, 0.4) is 0 Å². The van der Waals surface area contributed by atoms with E-state index >= 15 is 0 Å². The molecule has 4 rings (SSSR count). The molecule has 8 heteroatoms. The molecule has 29 heavy (non-hydrogen) atoms. The summed E-state index contributed by atoms with van der Waals surface area (Å²) >= 11 is 1.42. The van der Waals surface area contributed by atoms with Crippen molar-refractivity contribution in [2.45, 2.75) is 18.6 Å². The van der Waals surface area contributed by atoms with Gasteiger partial charge in [-0.1, -0.05) is 30.0 Å².